The minimum absolute atomic E-state index is 0.0745. The van der Waals surface area contributed by atoms with Gasteiger partial charge in [0.15, 0.2) is 5.82 Å². The number of likely N-dealkylation sites (tertiary alicyclic amines) is 1. The Kier molecular flexibility index (Phi) is 7.61. The van der Waals surface area contributed by atoms with Crippen LogP contribution in [0.3, 0.4) is 0 Å². The van der Waals surface area contributed by atoms with Gasteiger partial charge < -0.3 is 16.0 Å². The fourth-order valence-electron chi connectivity index (χ4n) is 5.35. The van der Waals surface area contributed by atoms with Gasteiger partial charge in [0.25, 0.3) is 0 Å². The summed E-state index contributed by atoms with van der Waals surface area (Å²) in [6, 6.07) is 24.7. The number of carbonyl (C=O) groups is 1. The second-order valence-corrected chi connectivity index (χ2v) is 10.4. The molecule has 0 atom stereocenters. The number of amides is 2. The molecule has 9 nitrogen and oxygen atoms in total. The molecule has 2 amide bonds. The molecule has 0 saturated carbocycles. The first-order chi connectivity index (χ1) is 20.4. The summed E-state index contributed by atoms with van der Waals surface area (Å²) in [5.41, 5.74) is 4.51. The zero-order valence-corrected chi connectivity index (χ0v) is 22.9. The van der Waals surface area contributed by atoms with Crippen LogP contribution >= 0.6 is 0 Å². The second kappa shape index (κ2) is 11.8. The van der Waals surface area contributed by atoms with E-state index < -0.39 is 0 Å². The van der Waals surface area contributed by atoms with Crippen LogP contribution in [0.1, 0.15) is 29.5 Å². The Morgan fingerprint density at radius 3 is 2.48 bits per heavy atom. The van der Waals surface area contributed by atoms with Crippen molar-refractivity contribution in [1.29, 1.82) is 10.8 Å². The predicted octanol–water partition coefficient (Wildman–Crippen LogP) is 5.92. The zero-order valence-electron chi connectivity index (χ0n) is 22.9. The topological polar surface area (TPSA) is 120 Å². The third kappa shape index (κ3) is 5.84. The molecule has 42 heavy (non-hydrogen) atoms. The smallest absolute Gasteiger partial charge is 0.319 e. The fourth-order valence-corrected chi connectivity index (χ4v) is 5.35. The van der Waals surface area contributed by atoms with Gasteiger partial charge in [0, 0.05) is 48.7 Å². The molecule has 1 aromatic heterocycles. The molecule has 1 saturated heterocycles. The van der Waals surface area contributed by atoms with Gasteiger partial charge in [0.05, 0.1) is 11.4 Å². The summed E-state index contributed by atoms with van der Waals surface area (Å²) in [4.78, 5) is 20.8. The van der Waals surface area contributed by atoms with Crippen LogP contribution in [-0.4, -0.2) is 46.7 Å². The maximum absolute atomic E-state index is 13.1. The molecule has 0 bridgehead atoms. The number of piperidine rings is 1. The van der Waals surface area contributed by atoms with E-state index in [4.69, 9.17) is 10.8 Å². The van der Waals surface area contributed by atoms with Crippen LogP contribution in [-0.2, 0) is 6.54 Å². The second-order valence-electron chi connectivity index (χ2n) is 10.4. The minimum atomic E-state index is -0.342. The molecule has 2 aliphatic rings. The molecule has 0 aliphatic carbocycles. The normalized spacial score (nSPS) is 15.2. The molecule has 2 aliphatic heterocycles. The third-order valence-electron chi connectivity index (χ3n) is 7.57. The van der Waals surface area contributed by atoms with E-state index in [9.17, 15) is 9.18 Å². The van der Waals surface area contributed by atoms with Gasteiger partial charge in [-0.1, -0.05) is 36.4 Å². The third-order valence-corrected chi connectivity index (χ3v) is 7.57. The van der Waals surface area contributed by atoms with Crippen LogP contribution in [0, 0.1) is 16.6 Å². The highest BCUT2D eigenvalue weighted by atomic mass is 19.1. The highest BCUT2D eigenvalue weighted by Crippen LogP contribution is 2.34. The largest absolute Gasteiger partial charge is 0.338 e. The standard InChI is InChI=1S/C32H31FN8O/c33-23-11-13-24(14-12-23)37-32(42)38-25-15-18-40(19-16-25)20-21-7-9-22(10-8-21)29(34)41-28-6-3-17-36-31(28)39-27-5-2-1-4-26(27)30(41)35/h1-14,17,25,34-35H,15-16,18-20H2,(H,36,39)(H2,37,38,42). The summed E-state index contributed by atoms with van der Waals surface area (Å²) in [7, 11) is 0. The van der Waals surface area contributed by atoms with Gasteiger partial charge in [0.2, 0.25) is 0 Å². The quantitative estimate of drug-likeness (QED) is 0.153. The Hall–Kier alpha value is -5.09. The Morgan fingerprint density at radius 2 is 1.71 bits per heavy atom. The van der Waals surface area contributed by atoms with Crippen LogP contribution in [0.2, 0.25) is 0 Å². The first kappa shape index (κ1) is 27.1. The van der Waals surface area contributed by atoms with E-state index in [-0.39, 0.29) is 29.6 Å². The number of hydrogen-bond acceptors (Lipinski definition) is 6. The highest BCUT2D eigenvalue weighted by molar-refractivity contribution is 6.30. The van der Waals surface area contributed by atoms with Crippen LogP contribution in [0.4, 0.5) is 32.1 Å². The molecule has 6 rings (SSSR count). The average molecular weight is 563 g/mol. The lowest BCUT2D eigenvalue weighted by molar-refractivity contribution is 0.190. The van der Waals surface area contributed by atoms with E-state index >= 15 is 0 Å². The SMILES string of the molecule is N=C(c1ccc(CN2CCC(NC(=O)Nc3ccc(F)cc3)CC2)cc1)N1C(=N)c2ccccc2Nc2ncccc21. The molecule has 212 valence electrons. The number of nitrogens with one attached hydrogen (secondary N) is 5. The molecule has 4 aromatic rings. The van der Waals surface area contributed by atoms with E-state index in [0.29, 0.717) is 28.3 Å². The van der Waals surface area contributed by atoms with Crippen LogP contribution in [0.25, 0.3) is 0 Å². The molecular formula is C32H31FN8O. The van der Waals surface area contributed by atoms with Gasteiger partial charge in [-0.15, -0.1) is 0 Å². The summed E-state index contributed by atoms with van der Waals surface area (Å²) >= 11 is 0. The highest BCUT2D eigenvalue weighted by Gasteiger charge is 2.28. The van der Waals surface area contributed by atoms with Crippen molar-refractivity contribution in [2.24, 2.45) is 0 Å². The first-order valence-electron chi connectivity index (χ1n) is 13.9. The number of anilines is 4. The van der Waals surface area contributed by atoms with Crippen molar-refractivity contribution < 1.29 is 9.18 Å². The molecule has 3 heterocycles. The van der Waals surface area contributed by atoms with Crippen LogP contribution in [0.15, 0.2) is 91.1 Å². The predicted molar refractivity (Wildman–Crippen MR) is 163 cm³/mol. The van der Waals surface area contributed by atoms with Crippen molar-refractivity contribution in [3.05, 3.63) is 114 Å². The summed E-state index contributed by atoms with van der Waals surface area (Å²) in [6.45, 7) is 2.46. The number of aromatic nitrogens is 1. The van der Waals surface area contributed by atoms with E-state index in [2.05, 4.69) is 25.8 Å². The first-order valence-corrected chi connectivity index (χ1v) is 13.9. The molecule has 1 fully saturated rings. The monoisotopic (exact) mass is 562 g/mol. The lowest BCUT2D eigenvalue weighted by Crippen LogP contribution is -2.45. The number of carbonyl (C=O) groups excluding carboxylic acids is 1. The molecule has 3 aromatic carbocycles. The van der Waals surface area contributed by atoms with Gasteiger partial charge in [-0.2, -0.15) is 0 Å². The van der Waals surface area contributed by atoms with Crippen molar-refractivity contribution in [2.45, 2.75) is 25.4 Å². The van der Waals surface area contributed by atoms with E-state index in [0.717, 1.165) is 43.7 Å². The summed E-state index contributed by atoms with van der Waals surface area (Å²) in [6.07, 6.45) is 3.36. The number of urea groups is 1. The number of benzene rings is 3. The lowest BCUT2D eigenvalue weighted by atomic mass is 10.0. The van der Waals surface area contributed by atoms with Gasteiger partial charge in [-0.3, -0.25) is 20.6 Å². The summed E-state index contributed by atoms with van der Waals surface area (Å²) in [5.74, 6) is 0.664. The number of hydrogen-bond donors (Lipinski definition) is 5. The molecule has 0 unspecified atom stereocenters. The van der Waals surface area contributed by atoms with E-state index in [1.165, 1.54) is 24.3 Å². The Morgan fingerprint density at radius 1 is 0.976 bits per heavy atom. The van der Waals surface area contributed by atoms with E-state index in [1.54, 1.807) is 11.1 Å². The number of nitrogens with zero attached hydrogens (tertiary/aromatic N) is 3. The lowest BCUT2D eigenvalue weighted by Gasteiger charge is -2.32. The van der Waals surface area contributed by atoms with Crippen molar-refractivity contribution in [1.82, 2.24) is 15.2 Å². The maximum Gasteiger partial charge on any atom is 0.319 e. The Labute approximate surface area is 243 Å². The number of rotatable bonds is 5. The number of amidine groups is 2. The van der Waals surface area contributed by atoms with Gasteiger partial charge in [0.1, 0.15) is 17.5 Å². The maximum atomic E-state index is 13.1. The van der Waals surface area contributed by atoms with Crippen LogP contribution < -0.4 is 20.9 Å². The van der Waals surface area contributed by atoms with Crippen LogP contribution in [0.5, 0.6) is 0 Å². The van der Waals surface area contributed by atoms with Crippen molar-refractivity contribution in [3.63, 3.8) is 0 Å². The van der Waals surface area contributed by atoms with Gasteiger partial charge in [-0.05, 0) is 66.9 Å². The Balaban J connectivity index is 1.07. The fraction of sp³-hybridized carbons (Fsp3) is 0.188. The molecule has 0 radical (unpaired) electrons. The number of para-hydroxylation sites is 1. The van der Waals surface area contributed by atoms with Crippen molar-refractivity contribution in [3.8, 4) is 0 Å². The molecule has 0 spiro atoms. The summed E-state index contributed by atoms with van der Waals surface area (Å²) in [5, 5.41) is 27.1. The molecule has 5 N–H and O–H groups in total. The van der Waals surface area contributed by atoms with E-state index in [1.807, 2.05) is 60.7 Å². The van der Waals surface area contributed by atoms with Gasteiger partial charge in [-0.25, -0.2) is 14.2 Å². The Bertz CT molecular complexity index is 1610. The van der Waals surface area contributed by atoms with Crippen molar-refractivity contribution >= 4 is 40.6 Å². The average Bonchev–Trinajstić information content (AvgIpc) is 3.13. The molecular weight excluding hydrogens is 531 g/mol. The summed E-state index contributed by atoms with van der Waals surface area (Å²) < 4.78 is 13.1. The van der Waals surface area contributed by atoms with Gasteiger partial charge >= 0.3 is 6.03 Å². The zero-order chi connectivity index (χ0) is 29.1. The van der Waals surface area contributed by atoms with Crippen molar-refractivity contribution in [2.75, 3.05) is 28.6 Å². The number of halogens is 1. The molecule has 10 heteroatoms. The number of pyridine rings is 1. The number of fused-ring (bicyclic) bond motifs is 2. The minimum Gasteiger partial charge on any atom is -0.338 e.